The van der Waals surface area contributed by atoms with E-state index in [1.54, 1.807) is 31.2 Å². The molecule has 144 valence electrons. The van der Waals surface area contributed by atoms with Crippen LogP contribution in [-0.4, -0.2) is 31.5 Å². The summed E-state index contributed by atoms with van der Waals surface area (Å²) < 4.78 is 23.7. The zero-order valence-corrected chi connectivity index (χ0v) is 16.7. The van der Waals surface area contributed by atoms with Gasteiger partial charge >= 0.3 is 0 Å². The van der Waals surface area contributed by atoms with Crippen molar-refractivity contribution in [1.82, 2.24) is 5.32 Å². The van der Waals surface area contributed by atoms with Crippen molar-refractivity contribution >= 4 is 27.3 Å². The number of benzene rings is 2. The first-order chi connectivity index (χ1) is 12.5. The fourth-order valence-corrected chi connectivity index (χ4v) is 3.26. The van der Waals surface area contributed by atoms with Crippen LogP contribution in [0.25, 0.3) is 0 Å². The molecule has 0 radical (unpaired) electrons. The van der Waals surface area contributed by atoms with E-state index in [0.29, 0.717) is 16.8 Å². The predicted octanol–water partition coefficient (Wildman–Crippen LogP) is 3.26. The first kappa shape index (κ1) is 20.6. The van der Waals surface area contributed by atoms with Crippen LogP contribution in [0.3, 0.4) is 0 Å². The minimum absolute atomic E-state index is 0.00515. The van der Waals surface area contributed by atoms with Crippen molar-refractivity contribution in [2.45, 2.75) is 38.1 Å². The molecule has 6 nitrogen and oxygen atoms in total. The maximum atomic E-state index is 12.5. The predicted molar refractivity (Wildman–Crippen MR) is 106 cm³/mol. The molecule has 2 rings (SSSR count). The van der Waals surface area contributed by atoms with Crippen molar-refractivity contribution < 1.29 is 18.0 Å². The summed E-state index contributed by atoms with van der Waals surface area (Å²) in [6, 6.07) is 12.4. The largest absolute Gasteiger partial charge is 0.347 e. The molecule has 7 heteroatoms. The fraction of sp³-hybridized carbons (Fsp3) is 0.300. The minimum atomic E-state index is -3.32. The molecule has 0 aromatic heterocycles. The van der Waals surface area contributed by atoms with E-state index >= 15 is 0 Å². The van der Waals surface area contributed by atoms with E-state index in [4.69, 9.17) is 0 Å². The lowest BCUT2D eigenvalue weighted by molar-refractivity contribution is 0.0920. The van der Waals surface area contributed by atoms with Crippen molar-refractivity contribution in [3.05, 3.63) is 59.7 Å². The van der Waals surface area contributed by atoms with Crippen LogP contribution in [0.2, 0.25) is 0 Å². The van der Waals surface area contributed by atoms with Crippen molar-refractivity contribution in [3.63, 3.8) is 0 Å². The second-order valence-electron chi connectivity index (χ2n) is 7.13. The van der Waals surface area contributed by atoms with Gasteiger partial charge in [-0.1, -0.05) is 19.1 Å². The first-order valence-electron chi connectivity index (χ1n) is 8.59. The first-order valence-corrected chi connectivity index (χ1v) is 10.2. The van der Waals surface area contributed by atoms with Crippen molar-refractivity contribution in [3.8, 4) is 0 Å². The summed E-state index contributed by atoms with van der Waals surface area (Å²) in [5.41, 5.74) is 0.631. The maximum Gasteiger partial charge on any atom is 0.255 e. The molecule has 0 aliphatic rings. The third-order valence-corrected chi connectivity index (χ3v) is 5.51. The zero-order chi connectivity index (χ0) is 20.2. The Labute approximate surface area is 159 Å². The van der Waals surface area contributed by atoms with Gasteiger partial charge in [0.15, 0.2) is 9.84 Å². The Balaban J connectivity index is 2.23. The molecular formula is C20H24N2O4S. The Bertz CT molecular complexity index is 943. The second-order valence-corrected chi connectivity index (χ2v) is 9.41. The van der Waals surface area contributed by atoms with Gasteiger partial charge in [0.1, 0.15) is 0 Å². The average molecular weight is 388 g/mol. The van der Waals surface area contributed by atoms with E-state index in [-0.39, 0.29) is 16.6 Å². The van der Waals surface area contributed by atoms with Gasteiger partial charge in [-0.3, -0.25) is 9.59 Å². The fourth-order valence-electron chi connectivity index (χ4n) is 2.37. The highest BCUT2D eigenvalue weighted by molar-refractivity contribution is 7.91. The van der Waals surface area contributed by atoms with Gasteiger partial charge in [-0.2, -0.15) is 0 Å². The maximum absolute atomic E-state index is 12.5. The van der Waals surface area contributed by atoms with Gasteiger partial charge in [-0.25, -0.2) is 8.42 Å². The van der Waals surface area contributed by atoms with Gasteiger partial charge in [0, 0.05) is 11.1 Å². The summed E-state index contributed by atoms with van der Waals surface area (Å²) in [6.45, 7) is 7.18. The van der Waals surface area contributed by atoms with E-state index in [9.17, 15) is 18.0 Å². The Morgan fingerprint density at radius 2 is 1.52 bits per heavy atom. The molecule has 0 saturated heterocycles. The molecule has 0 atom stereocenters. The zero-order valence-electron chi connectivity index (χ0n) is 15.9. The number of carbonyl (C=O) groups excluding carboxylic acids is 2. The Morgan fingerprint density at radius 1 is 0.926 bits per heavy atom. The third kappa shape index (κ3) is 5.40. The number of amides is 2. The van der Waals surface area contributed by atoms with E-state index in [0.717, 1.165) is 0 Å². The van der Waals surface area contributed by atoms with Crippen LogP contribution in [-0.2, 0) is 9.84 Å². The number of hydrogen-bond acceptors (Lipinski definition) is 4. The summed E-state index contributed by atoms with van der Waals surface area (Å²) in [5.74, 6) is -0.719. The van der Waals surface area contributed by atoms with Gasteiger partial charge in [0.2, 0.25) is 0 Å². The van der Waals surface area contributed by atoms with E-state index < -0.39 is 21.3 Å². The molecule has 27 heavy (non-hydrogen) atoms. The number of anilines is 1. The number of nitrogens with one attached hydrogen (secondary N) is 2. The topological polar surface area (TPSA) is 92.3 Å². The van der Waals surface area contributed by atoms with Crippen molar-refractivity contribution in [2.24, 2.45) is 0 Å². The summed E-state index contributed by atoms with van der Waals surface area (Å²) >= 11 is 0. The van der Waals surface area contributed by atoms with Crippen LogP contribution in [0.1, 0.15) is 48.4 Å². The molecule has 0 unspecified atom stereocenters. The molecule has 0 bridgehead atoms. The molecule has 0 aliphatic heterocycles. The van der Waals surface area contributed by atoms with Crippen molar-refractivity contribution in [1.29, 1.82) is 0 Å². The smallest absolute Gasteiger partial charge is 0.255 e. The average Bonchev–Trinajstić information content (AvgIpc) is 2.60. The van der Waals surface area contributed by atoms with Gasteiger partial charge < -0.3 is 10.6 Å². The number of rotatable bonds is 5. The van der Waals surface area contributed by atoms with Crippen LogP contribution in [0.4, 0.5) is 5.69 Å². The quantitative estimate of drug-likeness (QED) is 0.822. The number of hydrogen-bond donors (Lipinski definition) is 2. The highest BCUT2D eigenvalue weighted by Gasteiger charge is 2.19. The lowest BCUT2D eigenvalue weighted by Gasteiger charge is -2.21. The number of para-hydroxylation sites is 1. The molecule has 0 heterocycles. The Kier molecular flexibility index (Phi) is 6.05. The standard InChI is InChI=1S/C20H24N2O4S/c1-5-27(25,26)15-12-10-14(11-13-15)18(23)21-17-9-7-6-8-16(17)19(24)22-20(2,3)4/h6-13H,5H2,1-4H3,(H,21,23)(H,22,24). The van der Waals surface area contributed by atoms with Gasteiger partial charge in [0.05, 0.1) is 21.9 Å². The lowest BCUT2D eigenvalue weighted by Crippen LogP contribution is -2.40. The van der Waals surface area contributed by atoms with E-state index in [2.05, 4.69) is 10.6 Å². The summed E-state index contributed by atoms with van der Waals surface area (Å²) in [6.07, 6.45) is 0. The van der Waals surface area contributed by atoms with Crippen LogP contribution in [0.5, 0.6) is 0 Å². The molecule has 0 fully saturated rings. The molecular weight excluding hydrogens is 364 g/mol. The lowest BCUT2D eigenvalue weighted by atomic mass is 10.1. The van der Waals surface area contributed by atoms with Crippen LogP contribution >= 0.6 is 0 Å². The van der Waals surface area contributed by atoms with Gasteiger partial charge in [-0.05, 0) is 57.2 Å². The highest BCUT2D eigenvalue weighted by atomic mass is 32.2. The normalized spacial score (nSPS) is 11.7. The summed E-state index contributed by atoms with van der Waals surface area (Å²) in [7, 11) is -3.32. The summed E-state index contributed by atoms with van der Waals surface area (Å²) in [5, 5.41) is 5.58. The molecule has 2 N–H and O–H groups in total. The SMILES string of the molecule is CCS(=O)(=O)c1ccc(C(=O)Nc2ccccc2C(=O)NC(C)(C)C)cc1. The minimum Gasteiger partial charge on any atom is -0.347 e. The van der Waals surface area contributed by atoms with Crippen molar-refractivity contribution in [2.75, 3.05) is 11.1 Å². The van der Waals surface area contributed by atoms with Gasteiger partial charge in [0.25, 0.3) is 11.8 Å². The van der Waals surface area contributed by atoms with Crippen LogP contribution in [0, 0.1) is 0 Å². The van der Waals surface area contributed by atoms with E-state index in [1.165, 1.54) is 24.3 Å². The summed E-state index contributed by atoms with van der Waals surface area (Å²) in [4.78, 5) is 25.1. The molecule has 2 aromatic carbocycles. The Hall–Kier alpha value is -2.67. The molecule has 2 aromatic rings. The Morgan fingerprint density at radius 3 is 2.07 bits per heavy atom. The van der Waals surface area contributed by atoms with Gasteiger partial charge in [-0.15, -0.1) is 0 Å². The highest BCUT2D eigenvalue weighted by Crippen LogP contribution is 2.18. The number of carbonyl (C=O) groups is 2. The third-order valence-electron chi connectivity index (χ3n) is 3.76. The van der Waals surface area contributed by atoms with Crippen LogP contribution < -0.4 is 10.6 Å². The molecule has 0 aliphatic carbocycles. The second kappa shape index (κ2) is 7.92. The molecule has 0 saturated carbocycles. The number of sulfone groups is 1. The van der Waals surface area contributed by atoms with E-state index in [1.807, 2.05) is 20.8 Å². The molecule has 2 amide bonds. The monoisotopic (exact) mass is 388 g/mol. The molecule has 0 spiro atoms. The van der Waals surface area contributed by atoms with Crippen LogP contribution in [0.15, 0.2) is 53.4 Å².